The molecule has 0 unspecified atom stereocenters. The highest BCUT2D eigenvalue weighted by atomic mass is 35.5. The number of halogens is 1. The van der Waals surface area contributed by atoms with Gasteiger partial charge in [-0.15, -0.1) is 0 Å². The first kappa shape index (κ1) is 15.7. The highest BCUT2D eigenvalue weighted by Gasteiger charge is 2.08. The van der Waals surface area contributed by atoms with Crippen molar-refractivity contribution < 1.29 is 14.5 Å². The quantitative estimate of drug-likeness (QED) is 0.717. The van der Waals surface area contributed by atoms with Crippen molar-refractivity contribution >= 4 is 11.6 Å². The Bertz CT molecular complexity index is 726. The number of hydrogen-bond donors (Lipinski definition) is 1. The molecular weight excluding hydrogens is 310 g/mol. The zero-order valence-electron chi connectivity index (χ0n) is 12.7. The molecule has 0 fully saturated rings. The monoisotopic (exact) mass is 328 g/mol. The van der Waals surface area contributed by atoms with Crippen LogP contribution in [-0.2, 0) is 19.7 Å². The first-order chi connectivity index (χ1) is 11.3. The second-order valence-electron chi connectivity index (χ2n) is 5.30. The molecule has 0 radical (unpaired) electrons. The first-order valence-electron chi connectivity index (χ1n) is 7.60. The lowest BCUT2D eigenvalue weighted by atomic mass is 10.2. The Morgan fingerprint density at radius 2 is 1.83 bits per heavy atom. The second kappa shape index (κ2) is 7.86. The van der Waals surface area contributed by atoms with E-state index in [9.17, 15) is 0 Å². The first-order valence-corrected chi connectivity index (χ1v) is 7.98. The zero-order chi connectivity index (χ0) is 15.9. The van der Waals surface area contributed by atoms with Crippen molar-refractivity contribution in [2.75, 3.05) is 0 Å². The number of benzene rings is 2. The molecule has 0 amide bonds. The summed E-state index contributed by atoms with van der Waals surface area (Å²) in [6, 6.07) is 19.8. The number of quaternary nitrogens is 1. The summed E-state index contributed by atoms with van der Waals surface area (Å²) in [5, 5.41) is 2.89. The third kappa shape index (κ3) is 4.62. The lowest BCUT2D eigenvalue weighted by Gasteiger charge is -2.11. The maximum absolute atomic E-state index is 6.12. The van der Waals surface area contributed by atoms with Crippen LogP contribution in [0, 0.1) is 0 Å². The Balaban J connectivity index is 1.62. The van der Waals surface area contributed by atoms with E-state index in [4.69, 9.17) is 20.8 Å². The molecule has 3 aromatic rings. The Morgan fingerprint density at radius 1 is 0.957 bits per heavy atom. The van der Waals surface area contributed by atoms with Gasteiger partial charge in [0.1, 0.15) is 25.4 Å². The summed E-state index contributed by atoms with van der Waals surface area (Å²) in [7, 11) is 0. The van der Waals surface area contributed by atoms with Gasteiger partial charge in [0.15, 0.2) is 5.76 Å². The van der Waals surface area contributed by atoms with Crippen LogP contribution in [0.1, 0.15) is 16.9 Å². The van der Waals surface area contributed by atoms with Crippen molar-refractivity contribution in [1.29, 1.82) is 0 Å². The summed E-state index contributed by atoms with van der Waals surface area (Å²) < 4.78 is 11.3. The fraction of sp³-hybridized carbons (Fsp3) is 0.158. The summed E-state index contributed by atoms with van der Waals surface area (Å²) in [6.45, 7) is 2.12. The van der Waals surface area contributed by atoms with Gasteiger partial charge in [0.25, 0.3) is 0 Å². The fourth-order valence-corrected chi connectivity index (χ4v) is 2.58. The van der Waals surface area contributed by atoms with E-state index in [0.717, 1.165) is 40.7 Å². The Kier molecular flexibility index (Phi) is 5.35. The molecule has 0 aliphatic heterocycles. The minimum absolute atomic E-state index is 0.549. The van der Waals surface area contributed by atoms with Crippen LogP contribution in [0.15, 0.2) is 71.3 Å². The van der Waals surface area contributed by atoms with Gasteiger partial charge in [0.2, 0.25) is 0 Å². The molecule has 0 atom stereocenters. The van der Waals surface area contributed by atoms with Crippen LogP contribution >= 0.6 is 11.6 Å². The van der Waals surface area contributed by atoms with Gasteiger partial charge in [-0.05, 0) is 35.9 Å². The van der Waals surface area contributed by atoms with Gasteiger partial charge < -0.3 is 14.5 Å². The Morgan fingerprint density at radius 3 is 2.61 bits per heavy atom. The van der Waals surface area contributed by atoms with Gasteiger partial charge >= 0.3 is 0 Å². The molecule has 0 saturated heterocycles. The molecule has 23 heavy (non-hydrogen) atoms. The Hall–Kier alpha value is -2.23. The van der Waals surface area contributed by atoms with Crippen molar-refractivity contribution in [3.05, 3.63) is 88.8 Å². The normalized spacial score (nSPS) is 10.7. The summed E-state index contributed by atoms with van der Waals surface area (Å²) in [6.07, 6.45) is 1.69. The molecule has 2 N–H and O–H groups in total. The molecule has 3 rings (SSSR count). The van der Waals surface area contributed by atoms with Crippen molar-refractivity contribution in [3.8, 4) is 5.75 Å². The van der Waals surface area contributed by atoms with E-state index < -0.39 is 0 Å². The van der Waals surface area contributed by atoms with Crippen molar-refractivity contribution in [3.63, 3.8) is 0 Å². The summed E-state index contributed by atoms with van der Waals surface area (Å²) >= 11 is 6.12. The fourth-order valence-electron chi connectivity index (χ4n) is 2.38. The molecule has 0 aliphatic carbocycles. The van der Waals surface area contributed by atoms with Crippen LogP contribution in [-0.4, -0.2) is 0 Å². The highest BCUT2D eigenvalue weighted by Crippen LogP contribution is 2.23. The average Bonchev–Trinajstić information content (AvgIpc) is 3.08. The zero-order valence-corrected chi connectivity index (χ0v) is 13.5. The average molecular weight is 329 g/mol. The van der Waals surface area contributed by atoms with Crippen LogP contribution in [0.4, 0.5) is 0 Å². The molecule has 0 spiro atoms. The van der Waals surface area contributed by atoms with E-state index in [-0.39, 0.29) is 0 Å². The second-order valence-corrected chi connectivity index (χ2v) is 5.74. The molecule has 3 nitrogen and oxygen atoms in total. The Labute approximate surface area is 140 Å². The largest absolute Gasteiger partial charge is 0.488 e. The number of furan rings is 1. The summed E-state index contributed by atoms with van der Waals surface area (Å²) in [4.78, 5) is 0. The molecule has 0 saturated carbocycles. The number of rotatable bonds is 7. The molecule has 0 aliphatic rings. The van der Waals surface area contributed by atoms with Crippen LogP contribution in [0.5, 0.6) is 5.75 Å². The standard InChI is InChI=1S/C19H18ClNO2/c20-17-8-9-19(23-14-15-5-2-1-3-6-15)16(11-17)12-21-13-18-7-4-10-22-18/h1-11,21H,12-14H2/p+1. The maximum atomic E-state index is 6.12. The van der Waals surface area contributed by atoms with Gasteiger partial charge in [0.05, 0.1) is 6.26 Å². The van der Waals surface area contributed by atoms with E-state index in [1.807, 2.05) is 48.5 Å². The van der Waals surface area contributed by atoms with Crippen molar-refractivity contribution in [2.45, 2.75) is 19.7 Å². The van der Waals surface area contributed by atoms with Crippen molar-refractivity contribution in [1.82, 2.24) is 0 Å². The summed E-state index contributed by atoms with van der Waals surface area (Å²) in [5.74, 6) is 1.83. The smallest absolute Gasteiger partial charge is 0.157 e. The minimum atomic E-state index is 0.549. The number of ether oxygens (including phenoxy) is 1. The van der Waals surface area contributed by atoms with Crippen LogP contribution in [0.2, 0.25) is 5.02 Å². The van der Waals surface area contributed by atoms with Crippen LogP contribution in [0.25, 0.3) is 0 Å². The predicted octanol–water partition coefficient (Wildman–Crippen LogP) is 3.78. The molecule has 2 aromatic carbocycles. The molecule has 0 bridgehead atoms. The predicted molar refractivity (Wildman–Crippen MR) is 90.3 cm³/mol. The summed E-state index contributed by atoms with van der Waals surface area (Å²) in [5.41, 5.74) is 2.23. The molecule has 4 heteroatoms. The van der Waals surface area contributed by atoms with Crippen molar-refractivity contribution in [2.24, 2.45) is 0 Å². The van der Waals surface area contributed by atoms with Gasteiger partial charge in [0, 0.05) is 10.6 Å². The van der Waals surface area contributed by atoms with Crippen LogP contribution < -0.4 is 10.1 Å². The third-order valence-corrected chi connectivity index (χ3v) is 3.78. The highest BCUT2D eigenvalue weighted by molar-refractivity contribution is 6.30. The molecule has 1 heterocycles. The van der Waals surface area contributed by atoms with Gasteiger partial charge in [-0.2, -0.15) is 0 Å². The molecular formula is C19H19ClNO2+. The van der Waals surface area contributed by atoms with E-state index in [1.54, 1.807) is 6.26 Å². The third-order valence-electron chi connectivity index (χ3n) is 3.55. The maximum Gasteiger partial charge on any atom is 0.157 e. The number of hydrogen-bond acceptors (Lipinski definition) is 2. The lowest BCUT2D eigenvalue weighted by molar-refractivity contribution is -0.688. The molecule has 1 aromatic heterocycles. The van der Waals surface area contributed by atoms with Crippen LogP contribution in [0.3, 0.4) is 0 Å². The minimum Gasteiger partial charge on any atom is -0.488 e. The SMILES string of the molecule is Clc1ccc(OCc2ccccc2)c(C[NH2+]Cc2ccco2)c1. The number of nitrogens with two attached hydrogens (primary N) is 1. The van der Waals surface area contributed by atoms with Gasteiger partial charge in [-0.25, -0.2) is 0 Å². The van der Waals surface area contributed by atoms with Gasteiger partial charge in [-0.1, -0.05) is 41.9 Å². The van der Waals surface area contributed by atoms with E-state index >= 15 is 0 Å². The van der Waals surface area contributed by atoms with E-state index in [0.29, 0.717) is 6.61 Å². The topological polar surface area (TPSA) is 39.0 Å². The van der Waals surface area contributed by atoms with E-state index in [1.165, 1.54) is 0 Å². The van der Waals surface area contributed by atoms with Gasteiger partial charge in [-0.3, -0.25) is 0 Å². The molecule has 118 valence electrons. The van der Waals surface area contributed by atoms with E-state index in [2.05, 4.69) is 17.4 Å². The lowest BCUT2D eigenvalue weighted by Crippen LogP contribution is -2.80.